The molecule has 0 aliphatic heterocycles. The van der Waals surface area contributed by atoms with Gasteiger partial charge < -0.3 is 9.88 Å². The van der Waals surface area contributed by atoms with Crippen LogP contribution in [0.1, 0.15) is 27.0 Å². The number of nitrogens with one attached hydrogen (secondary N) is 1. The minimum Gasteiger partial charge on any atom is -0.318 e. The van der Waals surface area contributed by atoms with Gasteiger partial charge in [-0.3, -0.25) is 9.59 Å². The molecule has 27 heavy (non-hydrogen) atoms. The molecule has 0 unspecified atom stereocenters. The minimum absolute atomic E-state index is 0.161. The van der Waals surface area contributed by atoms with Crippen LogP contribution >= 0.6 is 0 Å². The number of carbonyl (C=O) groups excluding carboxylic acids is 1. The first-order valence-corrected chi connectivity index (χ1v) is 8.21. The summed E-state index contributed by atoms with van der Waals surface area (Å²) in [6, 6.07) is 8.64. The molecule has 0 bridgehead atoms. The van der Waals surface area contributed by atoms with Gasteiger partial charge in [-0.05, 0) is 48.7 Å². The molecule has 138 valence electrons. The Morgan fingerprint density at radius 2 is 1.85 bits per heavy atom. The van der Waals surface area contributed by atoms with Crippen molar-refractivity contribution in [3.05, 3.63) is 93.0 Å². The molecule has 2 heterocycles. The number of rotatable bonds is 4. The van der Waals surface area contributed by atoms with Gasteiger partial charge in [0.15, 0.2) is 11.6 Å². The van der Waals surface area contributed by atoms with Crippen molar-refractivity contribution in [1.29, 1.82) is 0 Å². The Morgan fingerprint density at radius 3 is 2.48 bits per heavy atom. The SMILES string of the molecule is Cc1cc(C(=O)Nc2ccc(Cc3ccc(F)c(F)c3)cn2)cn(C)c1=O. The number of aromatic nitrogens is 2. The zero-order chi connectivity index (χ0) is 19.6. The van der Waals surface area contributed by atoms with Crippen molar-refractivity contribution in [2.24, 2.45) is 7.05 Å². The van der Waals surface area contributed by atoms with E-state index in [-0.39, 0.29) is 11.5 Å². The van der Waals surface area contributed by atoms with Gasteiger partial charge in [-0.15, -0.1) is 0 Å². The zero-order valence-electron chi connectivity index (χ0n) is 14.8. The number of pyridine rings is 2. The molecule has 0 aliphatic carbocycles. The van der Waals surface area contributed by atoms with Crippen LogP contribution < -0.4 is 10.9 Å². The highest BCUT2D eigenvalue weighted by Crippen LogP contribution is 2.14. The van der Waals surface area contributed by atoms with E-state index in [4.69, 9.17) is 0 Å². The summed E-state index contributed by atoms with van der Waals surface area (Å²) in [5.74, 6) is -1.81. The summed E-state index contributed by atoms with van der Waals surface area (Å²) in [5.41, 5.74) is 2.07. The number of nitrogens with zero attached hydrogens (tertiary/aromatic N) is 2. The maximum absolute atomic E-state index is 13.3. The molecule has 0 saturated carbocycles. The molecule has 3 aromatic rings. The highest BCUT2D eigenvalue weighted by atomic mass is 19.2. The van der Waals surface area contributed by atoms with E-state index in [0.717, 1.165) is 17.7 Å². The third-order valence-electron chi connectivity index (χ3n) is 4.08. The van der Waals surface area contributed by atoms with Crippen molar-refractivity contribution in [2.45, 2.75) is 13.3 Å². The molecular weight excluding hydrogens is 352 g/mol. The zero-order valence-corrected chi connectivity index (χ0v) is 14.8. The monoisotopic (exact) mass is 369 g/mol. The summed E-state index contributed by atoms with van der Waals surface area (Å²) in [5, 5.41) is 2.66. The van der Waals surface area contributed by atoms with Gasteiger partial charge in [0, 0.05) is 25.0 Å². The lowest BCUT2D eigenvalue weighted by atomic mass is 10.1. The maximum Gasteiger partial charge on any atom is 0.258 e. The van der Waals surface area contributed by atoms with Gasteiger partial charge in [-0.1, -0.05) is 12.1 Å². The molecule has 0 fully saturated rings. The lowest BCUT2D eigenvalue weighted by Crippen LogP contribution is -2.22. The topological polar surface area (TPSA) is 64.0 Å². The third kappa shape index (κ3) is 4.25. The first-order chi connectivity index (χ1) is 12.8. The molecule has 0 atom stereocenters. The second kappa shape index (κ2) is 7.49. The molecule has 1 aromatic carbocycles. The van der Waals surface area contributed by atoms with Gasteiger partial charge in [0.05, 0.1) is 5.56 Å². The Labute approximate surface area is 154 Å². The van der Waals surface area contributed by atoms with Crippen LogP contribution in [-0.2, 0) is 13.5 Å². The maximum atomic E-state index is 13.3. The van der Waals surface area contributed by atoms with E-state index in [9.17, 15) is 18.4 Å². The van der Waals surface area contributed by atoms with E-state index >= 15 is 0 Å². The molecule has 7 heteroatoms. The second-order valence-corrected chi connectivity index (χ2v) is 6.26. The van der Waals surface area contributed by atoms with E-state index in [2.05, 4.69) is 10.3 Å². The van der Waals surface area contributed by atoms with E-state index < -0.39 is 11.6 Å². The summed E-state index contributed by atoms with van der Waals surface area (Å²) in [6.45, 7) is 1.64. The van der Waals surface area contributed by atoms with Crippen LogP contribution in [0.25, 0.3) is 0 Å². The Kier molecular flexibility index (Phi) is 5.12. The van der Waals surface area contributed by atoms with Crippen LogP contribution in [0.3, 0.4) is 0 Å². The van der Waals surface area contributed by atoms with Crippen LogP contribution in [0.5, 0.6) is 0 Å². The van der Waals surface area contributed by atoms with Crippen molar-refractivity contribution in [3.63, 3.8) is 0 Å². The largest absolute Gasteiger partial charge is 0.318 e. The van der Waals surface area contributed by atoms with E-state index in [1.54, 1.807) is 32.3 Å². The van der Waals surface area contributed by atoms with Gasteiger partial charge in [0.2, 0.25) is 0 Å². The molecule has 2 aromatic heterocycles. The summed E-state index contributed by atoms with van der Waals surface area (Å²) in [6.07, 6.45) is 3.41. The van der Waals surface area contributed by atoms with Crippen molar-refractivity contribution < 1.29 is 13.6 Å². The lowest BCUT2D eigenvalue weighted by molar-refractivity contribution is 0.102. The fourth-order valence-corrected chi connectivity index (χ4v) is 2.68. The summed E-state index contributed by atoms with van der Waals surface area (Å²) in [4.78, 5) is 28.2. The molecule has 1 N–H and O–H groups in total. The van der Waals surface area contributed by atoms with Crippen LogP contribution in [0.15, 0.2) is 53.6 Å². The fraction of sp³-hybridized carbons (Fsp3) is 0.150. The quantitative estimate of drug-likeness (QED) is 0.768. The molecule has 0 spiro atoms. The van der Waals surface area contributed by atoms with Gasteiger partial charge in [0.25, 0.3) is 11.5 Å². The van der Waals surface area contributed by atoms with Crippen LogP contribution in [0.4, 0.5) is 14.6 Å². The lowest BCUT2D eigenvalue weighted by Gasteiger charge is -2.08. The summed E-state index contributed by atoms with van der Waals surface area (Å²) in [7, 11) is 1.58. The Hall–Kier alpha value is -3.35. The van der Waals surface area contributed by atoms with E-state index in [1.807, 2.05) is 0 Å². The van der Waals surface area contributed by atoms with E-state index in [0.29, 0.717) is 28.9 Å². The highest BCUT2D eigenvalue weighted by Gasteiger charge is 2.10. The number of aryl methyl sites for hydroxylation is 2. The number of hydrogen-bond acceptors (Lipinski definition) is 3. The van der Waals surface area contributed by atoms with Crippen molar-refractivity contribution >= 4 is 11.7 Å². The number of amides is 1. The van der Waals surface area contributed by atoms with Gasteiger partial charge in [-0.2, -0.15) is 0 Å². The smallest absolute Gasteiger partial charge is 0.258 e. The van der Waals surface area contributed by atoms with Crippen LogP contribution in [0, 0.1) is 18.6 Å². The highest BCUT2D eigenvalue weighted by molar-refractivity contribution is 6.03. The number of benzene rings is 1. The predicted octanol–water partition coefficient (Wildman–Crippen LogP) is 3.21. The Morgan fingerprint density at radius 1 is 1.11 bits per heavy atom. The molecule has 3 rings (SSSR count). The van der Waals surface area contributed by atoms with Crippen LogP contribution in [0.2, 0.25) is 0 Å². The molecule has 0 radical (unpaired) electrons. The van der Waals surface area contributed by atoms with Crippen LogP contribution in [-0.4, -0.2) is 15.5 Å². The van der Waals surface area contributed by atoms with E-state index in [1.165, 1.54) is 22.9 Å². The van der Waals surface area contributed by atoms with Crippen molar-refractivity contribution in [1.82, 2.24) is 9.55 Å². The number of halogens is 2. The molecule has 0 saturated heterocycles. The fourth-order valence-electron chi connectivity index (χ4n) is 2.68. The number of anilines is 1. The standard InChI is InChI=1S/C20H17F2N3O2/c1-12-7-15(11-25(2)20(12)27)19(26)24-18-6-4-14(10-23-18)8-13-3-5-16(21)17(22)9-13/h3-7,9-11H,8H2,1-2H3,(H,23,24,26). The molecular formula is C20H17F2N3O2. The first kappa shape index (κ1) is 18.4. The first-order valence-electron chi connectivity index (χ1n) is 8.21. The summed E-state index contributed by atoms with van der Waals surface area (Å²) >= 11 is 0. The minimum atomic E-state index is -0.892. The molecule has 5 nitrogen and oxygen atoms in total. The Balaban J connectivity index is 1.71. The predicted molar refractivity (Wildman–Crippen MR) is 97.8 cm³/mol. The van der Waals surface area contributed by atoms with Crippen molar-refractivity contribution in [2.75, 3.05) is 5.32 Å². The number of hydrogen-bond donors (Lipinski definition) is 1. The van der Waals surface area contributed by atoms with Crippen molar-refractivity contribution in [3.8, 4) is 0 Å². The molecule has 1 amide bonds. The second-order valence-electron chi connectivity index (χ2n) is 6.26. The van der Waals surface area contributed by atoms with Gasteiger partial charge in [-0.25, -0.2) is 13.8 Å². The average molecular weight is 369 g/mol. The molecule has 0 aliphatic rings. The average Bonchev–Trinajstić information content (AvgIpc) is 2.64. The third-order valence-corrected chi connectivity index (χ3v) is 4.08. The summed E-state index contributed by atoms with van der Waals surface area (Å²) < 4.78 is 27.6. The number of carbonyl (C=O) groups is 1. The van der Waals surface area contributed by atoms with Gasteiger partial charge in [0.1, 0.15) is 5.82 Å². The Bertz CT molecular complexity index is 1030. The van der Waals surface area contributed by atoms with Gasteiger partial charge >= 0.3 is 0 Å². The normalized spacial score (nSPS) is 10.7.